The summed E-state index contributed by atoms with van der Waals surface area (Å²) < 4.78 is 0. The highest BCUT2D eigenvalue weighted by Gasteiger charge is 2.15. The van der Waals surface area contributed by atoms with Crippen LogP contribution >= 0.6 is 11.6 Å². The highest BCUT2D eigenvalue weighted by Crippen LogP contribution is 2.31. The first kappa shape index (κ1) is 13.1. The van der Waals surface area contributed by atoms with Crippen LogP contribution in [0.15, 0.2) is 54.6 Å². The van der Waals surface area contributed by atoms with Crippen LogP contribution in [0.5, 0.6) is 0 Å². The van der Waals surface area contributed by atoms with Gasteiger partial charge in [0.05, 0.1) is 6.10 Å². The zero-order valence-corrected chi connectivity index (χ0v) is 11.1. The fourth-order valence-corrected chi connectivity index (χ4v) is 2.39. The van der Waals surface area contributed by atoms with E-state index in [4.69, 9.17) is 11.6 Å². The second kappa shape index (κ2) is 6.03. The smallest absolute Gasteiger partial charge is 0.0810 e. The molecule has 0 saturated carbocycles. The van der Waals surface area contributed by atoms with Crippen LogP contribution < -0.4 is 0 Å². The number of hydrogen-bond acceptors (Lipinski definition) is 1. The van der Waals surface area contributed by atoms with Crippen LogP contribution in [0.3, 0.4) is 0 Å². The van der Waals surface area contributed by atoms with Crippen molar-refractivity contribution in [2.24, 2.45) is 0 Å². The van der Waals surface area contributed by atoms with Gasteiger partial charge in [-0.05, 0) is 29.5 Å². The molecule has 18 heavy (non-hydrogen) atoms. The van der Waals surface area contributed by atoms with Crippen molar-refractivity contribution in [1.29, 1.82) is 0 Å². The molecule has 0 aliphatic carbocycles. The molecule has 0 aliphatic rings. The number of aliphatic hydroxyl groups excluding tert-OH is 1. The third-order valence-corrected chi connectivity index (χ3v) is 3.55. The molecular formula is C16H17ClO. The first-order valence-corrected chi connectivity index (χ1v) is 6.53. The Balaban J connectivity index is 2.08. The van der Waals surface area contributed by atoms with E-state index in [1.54, 1.807) is 0 Å². The summed E-state index contributed by atoms with van der Waals surface area (Å²) in [5, 5.41) is 10.9. The summed E-state index contributed by atoms with van der Waals surface area (Å²) in [7, 11) is 0. The molecule has 94 valence electrons. The summed E-state index contributed by atoms with van der Waals surface area (Å²) in [5.41, 5.74) is 2.05. The van der Waals surface area contributed by atoms with Gasteiger partial charge in [0.2, 0.25) is 0 Å². The molecule has 2 unspecified atom stereocenters. The molecule has 2 heteroatoms. The van der Waals surface area contributed by atoms with Crippen molar-refractivity contribution in [3.63, 3.8) is 0 Å². The van der Waals surface area contributed by atoms with Crippen LogP contribution in [0.4, 0.5) is 0 Å². The van der Waals surface area contributed by atoms with E-state index in [0.29, 0.717) is 17.4 Å². The third kappa shape index (κ3) is 3.12. The molecule has 0 bridgehead atoms. The molecule has 1 N–H and O–H groups in total. The summed E-state index contributed by atoms with van der Waals surface area (Å²) in [5.74, 6) is 0.303. The minimum absolute atomic E-state index is 0.303. The second-order valence-corrected chi connectivity index (χ2v) is 4.99. The van der Waals surface area contributed by atoms with E-state index < -0.39 is 6.10 Å². The van der Waals surface area contributed by atoms with Gasteiger partial charge in [0.25, 0.3) is 0 Å². The van der Waals surface area contributed by atoms with Gasteiger partial charge in [-0.3, -0.25) is 0 Å². The van der Waals surface area contributed by atoms with Gasteiger partial charge in [0.15, 0.2) is 0 Å². The molecule has 0 saturated heterocycles. The maximum atomic E-state index is 10.2. The summed E-state index contributed by atoms with van der Waals surface area (Å²) in [4.78, 5) is 0. The molecule has 0 aliphatic heterocycles. The van der Waals surface area contributed by atoms with E-state index in [2.05, 4.69) is 19.1 Å². The lowest BCUT2D eigenvalue weighted by molar-refractivity contribution is 0.159. The zero-order chi connectivity index (χ0) is 13.0. The first-order valence-electron chi connectivity index (χ1n) is 6.16. The van der Waals surface area contributed by atoms with E-state index in [-0.39, 0.29) is 0 Å². The topological polar surface area (TPSA) is 20.2 Å². The first-order chi connectivity index (χ1) is 8.68. The van der Waals surface area contributed by atoms with E-state index in [1.807, 2.05) is 42.5 Å². The Bertz CT molecular complexity index is 495. The molecule has 2 aromatic carbocycles. The van der Waals surface area contributed by atoms with E-state index in [1.165, 1.54) is 5.56 Å². The van der Waals surface area contributed by atoms with Crippen molar-refractivity contribution in [3.8, 4) is 0 Å². The third-order valence-electron chi connectivity index (χ3n) is 3.21. The molecule has 1 nitrogen and oxygen atoms in total. The number of hydrogen-bond donors (Lipinski definition) is 1. The molecule has 0 spiro atoms. The molecule has 2 aromatic rings. The Kier molecular flexibility index (Phi) is 4.40. The summed E-state index contributed by atoms with van der Waals surface area (Å²) in [6.45, 7) is 2.12. The van der Waals surface area contributed by atoms with Crippen molar-refractivity contribution in [2.75, 3.05) is 0 Å². The summed E-state index contributed by atoms with van der Waals surface area (Å²) in [6.07, 6.45) is 0.155. The van der Waals surface area contributed by atoms with Crippen LogP contribution in [0.1, 0.15) is 36.5 Å². The van der Waals surface area contributed by atoms with Crippen LogP contribution in [0.25, 0.3) is 0 Å². The average molecular weight is 261 g/mol. The molecule has 0 heterocycles. The van der Waals surface area contributed by atoms with Crippen molar-refractivity contribution < 1.29 is 5.11 Å². The molecule has 2 rings (SSSR count). The average Bonchev–Trinajstić information content (AvgIpc) is 2.40. The summed E-state index contributed by atoms with van der Waals surface area (Å²) >= 11 is 6.09. The Labute approximate surface area is 113 Å². The molecule has 0 radical (unpaired) electrons. The molecule has 2 atom stereocenters. The Morgan fingerprint density at radius 1 is 1.00 bits per heavy atom. The standard InChI is InChI=1S/C16H17ClO/c1-12(13-7-3-2-4-8-13)11-16(18)14-9-5-6-10-15(14)17/h2-10,12,16,18H,11H2,1H3. The van der Waals surface area contributed by atoms with Crippen molar-refractivity contribution >= 4 is 11.6 Å². The lowest BCUT2D eigenvalue weighted by atomic mass is 9.92. The van der Waals surface area contributed by atoms with Crippen molar-refractivity contribution in [2.45, 2.75) is 25.4 Å². The highest BCUT2D eigenvalue weighted by atomic mass is 35.5. The van der Waals surface area contributed by atoms with Crippen LogP contribution in [0.2, 0.25) is 5.02 Å². The van der Waals surface area contributed by atoms with Gasteiger partial charge in [0, 0.05) is 5.02 Å². The van der Waals surface area contributed by atoms with Gasteiger partial charge in [0.1, 0.15) is 0 Å². The van der Waals surface area contributed by atoms with Crippen LogP contribution in [0, 0.1) is 0 Å². The lowest BCUT2D eigenvalue weighted by Gasteiger charge is -2.18. The normalized spacial score (nSPS) is 14.2. The predicted octanol–water partition coefficient (Wildman–Crippen LogP) is 4.57. The van der Waals surface area contributed by atoms with Gasteiger partial charge in [-0.2, -0.15) is 0 Å². The van der Waals surface area contributed by atoms with Gasteiger partial charge in [-0.1, -0.05) is 67.1 Å². The predicted molar refractivity (Wildman–Crippen MR) is 75.9 cm³/mol. The molecular weight excluding hydrogens is 244 g/mol. The van der Waals surface area contributed by atoms with Gasteiger partial charge in [-0.15, -0.1) is 0 Å². The van der Waals surface area contributed by atoms with Gasteiger partial charge >= 0.3 is 0 Å². The summed E-state index contributed by atoms with van der Waals surface area (Å²) in [6, 6.07) is 17.7. The van der Waals surface area contributed by atoms with E-state index in [9.17, 15) is 5.11 Å². The van der Waals surface area contributed by atoms with Crippen LogP contribution in [-0.2, 0) is 0 Å². The van der Waals surface area contributed by atoms with Gasteiger partial charge < -0.3 is 5.11 Å². The minimum Gasteiger partial charge on any atom is -0.388 e. The number of benzene rings is 2. The molecule has 0 fully saturated rings. The SMILES string of the molecule is CC(CC(O)c1ccccc1Cl)c1ccccc1. The monoisotopic (exact) mass is 260 g/mol. The quantitative estimate of drug-likeness (QED) is 0.854. The van der Waals surface area contributed by atoms with E-state index in [0.717, 1.165) is 5.56 Å². The number of rotatable bonds is 4. The molecule has 0 aromatic heterocycles. The zero-order valence-electron chi connectivity index (χ0n) is 10.4. The Hall–Kier alpha value is -1.31. The Morgan fingerprint density at radius 3 is 2.28 bits per heavy atom. The lowest BCUT2D eigenvalue weighted by Crippen LogP contribution is -2.04. The van der Waals surface area contributed by atoms with Crippen molar-refractivity contribution in [3.05, 3.63) is 70.7 Å². The highest BCUT2D eigenvalue weighted by molar-refractivity contribution is 6.31. The van der Waals surface area contributed by atoms with Crippen molar-refractivity contribution in [1.82, 2.24) is 0 Å². The molecule has 0 amide bonds. The minimum atomic E-state index is -0.520. The maximum Gasteiger partial charge on any atom is 0.0810 e. The number of halogens is 1. The number of aliphatic hydroxyl groups is 1. The van der Waals surface area contributed by atoms with Crippen LogP contribution in [-0.4, -0.2) is 5.11 Å². The fraction of sp³-hybridized carbons (Fsp3) is 0.250. The maximum absolute atomic E-state index is 10.2. The Morgan fingerprint density at radius 2 is 1.61 bits per heavy atom. The van der Waals surface area contributed by atoms with Gasteiger partial charge in [-0.25, -0.2) is 0 Å². The largest absolute Gasteiger partial charge is 0.388 e. The second-order valence-electron chi connectivity index (χ2n) is 4.58. The van der Waals surface area contributed by atoms with E-state index >= 15 is 0 Å². The fourth-order valence-electron chi connectivity index (χ4n) is 2.12.